The molecule has 1 unspecified atom stereocenters. The molecule has 0 spiro atoms. The first-order valence-corrected chi connectivity index (χ1v) is 8.80. The zero-order valence-corrected chi connectivity index (χ0v) is 12.4. The van der Waals surface area contributed by atoms with Gasteiger partial charge in [-0.2, -0.15) is 4.31 Å². The molecular formula is C13H26N2O2S. The maximum atomic E-state index is 12.5. The Kier molecular flexibility index (Phi) is 4.67. The number of nitrogens with one attached hydrogen (secondary N) is 1. The van der Waals surface area contributed by atoms with Crippen molar-refractivity contribution in [2.24, 2.45) is 11.8 Å². The average Bonchev–Trinajstić information content (AvgIpc) is 3.09. The van der Waals surface area contributed by atoms with E-state index in [1.165, 1.54) is 12.8 Å². The molecule has 2 rings (SSSR count). The lowest BCUT2D eigenvalue weighted by molar-refractivity contribution is 0.331. The highest BCUT2D eigenvalue weighted by Crippen LogP contribution is 2.31. The molecule has 1 aliphatic carbocycles. The second-order valence-corrected chi connectivity index (χ2v) is 8.06. The first kappa shape index (κ1) is 14.3. The van der Waals surface area contributed by atoms with Crippen LogP contribution in [0.5, 0.6) is 0 Å². The van der Waals surface area contributed by atoms with Crippen molar-refractivity contribution in [2.45, 2.75) is 45.6 Å². The zero-order chi connectivity index (χ0) is 13.2. The lowest BCUT2D eigenvalue weighted by Crippen LogP contribution is -2.43. The van der Waals surface area contributed by atoms with Crippen molar-refractivity contribution < 1.29 is 8.42 Å². The maximum absolute atomic E-state index is 12.5. The van der Waals surface area contributed by atoms with E-state index in [4.69, 9.17) is 0 Å². The van der Waals surface area contributed by atoms with E-state index in [2.05, 4.69) is 5.32 Å². The molecule has 2 aliphatic rings. The summed E-state index contributed by atoms with van der Waals surface area (Å²) in [4.78, 5) is 0. The van der Waals surface area contributed by atoms with Gasteiger partial charge in [0, 0.05) is 12.6 Å². The van der Waals surface area contributed by atoms with Crippen LogP contribution in [-0.2, 0) is 10.0 Å². The van der Waals surface area contributed by atoms with Crippen LogP contribution in [0.4, 0.5) is 0 Å². The van der Waals surface area contributed by atoms with Gasteiger partial charge in [0.1, 0.15) is 0 Å². The van der Waals surface area contributed by atoms with Gasteiger partial charge in [-0.3, -0.25) is 0 Å². The Balaban J connectivity index is 1.96. The topological polar surface area (TPSA) is 49.4 Å². The summed E-state index contributed by atoms with van der Waals surface area (Å²) >= 11 is 0. The Morgan fingerprint density at radius 3 is 2.44 bits per heavy atom. The van der Waals surface area contributed by atoms with Crippen LogP contribution in [0.15, 0.2) is 0 Å². The quantitative estimate of drug-likeness (QED) is 0.797. The SMILES string of the molecule is CC(C)N(CC1CC1)S(=O)(=O)CC1CCCNC1. The minimum atomic E-state index is -3.08. The van der Waals surface area contributed by atoms with Crippen molar-refractivity contribution in [3.63, 3.8) is 0 Å². The third-order valence-corrected chi connectivity index (χ3v) is 6.09. The van der Waals surface area contributed by atoms with E-state index >= 15 is 0 Å². The molecule has 0 aromatic carbocycles. The minimum Gasteiger partial charge on any atom is -0.316 e. The average molecular weight is 274 g/mol. The molecule has 1 N–H and O–H groups in total. The molecule has 1 saturated carbocycles. The Bertz CT molecular complexity index is 357. The van der Waals surface area contributed by atoms with Gasteiger partial charge in [-0.15, -0.1) is 0 Å². The van der Waals surface area contributed by atoms with E-state index in [1.807, 2.05) is 13.8 Å². The summed E-state index contributed by atoms with van der Waals surface area (Å²) in [5.74, 6) is 1.24. The Morgan fingerprint density at radius 1 is 1.22 bits per heavy atom. The maximum Gasteiger partial charge on any atom is 0.214 e. The minimum absolute atomic E-state index is 0.0900. The van der Waals surface area contributed by atoms with Crippen molar-refractivity contribution in [3.05, 3.63) is 0 Å². The fourth-order valence-corrected chi connectivity index (χ4v) is 4.81. The van der Waals surface area contributed by atoms with Gasteiger partial charge in [0.2, 0.25) is 10.0 Å². The second kappa shape index (κ2) is 5.88. The molecule has 0 amide bonds. The van der Waals surface area contributed by atoms with E-state index in [9.17, 15) is 8.42 Å². The molecule has 1 aliphatic heterocycles. The second-order valence-electron chi connectivity index (χ2n) is 6.10. The third-order valence-electron chi connectivity index (χ3n) is 3.91. The van der Waals surface area contributed by atoms with E-state index in [1.54, 1.807) is 4.31 Å². The molecular weight excluding hydrogens is 248 g/mol. The molecule has 0 aromatic rings. The monoisotopic (exact) mass is 274 g/mol. The predicted molar refractivity (Wildman–Crippen MR) is 73.9 cm³/mol. The first-order valence-electron chi connectivity index (χ1n) is 7.19. The Morgan fingerprint density at radius 2 is 1.94 bits per heavy atom. The summed E-state index contributed by atoms with van der Waals surface area (Å²) in [5.41, 5.74) is 0. The normalized spacial score (nSPS) is 25.9. The number of nitrogens with zero attached hydrogens (tertiary/aromatic N) is 1. The van der Waals surface area contributed by atoms with Gasteiger partial charge in [0.25, 0.3) is 0 Å². The third kappa shape index (κ3) is 3.93. The van der Waals surface area contributed by atoms with Gasteiger partial charge in [0.15, 0.2) is 0 Å². The lowest BCUT2D eigenvalue weighted by atomic mass is 10.0. The molecule has 1 atom stereocenters. The molecule has 0 aromatic heterocycles. The molecule has 0 radical (unpaired) electrons. The standard InChI is InChI=1S/C13H26N2O2S/c1-11(2)15(9-12-5-6-12)18(16,17)10-13-4-3-7-14-8-13/h11-14H,3-10H2,1-2H3. The summed E-state index contributed by atoms with van der Waals surface area (Å²) < 4.78 is 26.7. The summed E-state index contributed by atoms with van der Waals surface area (Å²) in [5, 5.41) is 3.30. The highest BCUT2D eigenvalue weighted by atomic mass is 32.2. The number of piperidine rings is 1. The van der Waals surface area contributed by atoms with Gasteiger partial charge >= 0.3 is 0 Å². The van der Waals surface area contributed by atoms with Crippen molar-refractivity contribution >= 4 is 10.0 Å². The fourth-order valence-electron chi connectivity index (χ4n) is 2.66. The number of hydrogen-bond donors (Lipinski definition) is 1. The Labute approximate surface area is 111 Å². The van der Waals surface area contributed by atoms with E-state index in [0.717, 1.165) is 32.5 Å². The molecule has 4 nitrogen and oxygen atoms in total. The van der Waals surface area contributed by atoms with E-state index < -0.39 is 10.0 Å². The van der Waals surface area contributed by atoms with E-state index in [-0.39, 0.29) is 6.04 Å². The predicted octanol–water partition coefficient (Wildman–Crippen LogP) is 1.44. The highest BCUT2D eigenvalue weighted by Gasteiger charge is 2.33. The van der Waals surface area contributed by atoms with Crippen LogP contribution in [0.3, 0.4) is 0 Å². The fraction of sp³-hybridized carbons (Fsp3) is 1.00. The summed E-state index contributed by atoms with van der Waals surface area (Å²) in [7, 11) is -3.08. The summed E-state index contributed by atoms with van der Waals surface area (Å²) in [6.07, 6.45) is 4.54. The van der Waals surface area contributed by atoms with Crippen LogP contribution in [0.25, 0.3) is 0 Å². The van der Waals surface area contributed by atoms with Crippen LogP contribution >= 0.6 is 0 Å². The van der Waals surface area contributed by atoms with Crippen LogP contribution in [-0.4, -0.2) is 44.2 Å². The highest BCUT2D eigenvalue weighted by molar-refractivity contribution is 7.89. The molecule has 18 heavy (non-hydrogen) atoms. The smallest absolute Gasteiger partial charge is 0.214 e. The van der Waals surface area contributed by atoms with Gasteiger partial charge < -0.3 is 5.32 Å². The van der Waals surface area contributed by atoms with Crippen LogP contribution in [0.2, 0.25) is 0 Å². The molecule has 1 saturated heterocycles. The van der Waals surface area contributed by atoms with Gasteiger partial charge in [0.05, 0.1) is 5.75 Å². The van der Waals surface area contributed by atoms with Gasteiger partial charge in [-0.25, -0.2) is 8.42 Å². The number of hydrogen-bond acceptors (Lipinski definition) is 3. The summed E-state index contributed by atoms with van der Waals surface area (Å²) in [6.45, 7) is 6.60. The van der Waals surface area contributed by atoms with Gasteiger partial charge in [-0.05, 0) is 64.5 Å². The number of sulfonamides is 1. The van der Waals surface area contributed by atoms with Crippen LogP contribution < -0.4 is 5.32 Å². The molecule has 106 valence electrons. The van der Waals surface area contributed by atoms with Crippen molar-refractivity contribution in [2.75, 3.05) is 25.4 Å². The lowest BCUT2D eigenvalue weighted by Gasteiger charge is -2.29. The first-order chi connectivity index (χ1) is 8.49. The molecule has 2 fully saturated rings. The largest absolute Gasteiger partial charge is 0.316 e. The van der Waals surface area contributed by atoms with Gasteiger partial charge in [-0.1, -0.05) is 0 Å². The van der Waals surface area contributed by atoms with Crippen molar-refractivity contribution in [1.82, 2.24) is 9.62 Å². The van der Waals surface area contributed by atoms with Crippen LogP contribution in [0.1, 0.15) is 39.5 Å². The molecule has 0 bridgehead atoms. The Hall–Kier alpha value is -0.130. The zero-order valence-electron chi connectivity index (χ0n) is 11.6. The summed E-state index contributed by atoms with van der Waals surface area (Å²) in [6, 6.07) is 0.0900. The van der Waals surface area contributed by atoms with Crippen molar-refractivity contribution in [1.29, 1.82) is 0 Å². The number of rotatable bonds is 6. The van der Waals surface area contributed by atoms with Crippen molar-refractivity contribution in [3.8, 4) is 0 Å². The van der Waals surface area contributed by atoms with Crippen LogP contribution in [0, 0.1) is 11.8 Å². The van der Waals surface area contributed by atoms with E-state index in [0.29, 0.717) is 17.6 Å². The molecule has 1 heterocycles. The molecule has 5 heteroatoms.